The molecule has 78 heavy (non-hydrogen) atoms. The zero-order valence-electron chi connectivity index (χ0n) is 50.1. The second-order valence-corrected chi connectivity index (χ2v) is 21.2. The zero-order chi connectivity index (χ0) is 57.2. The van der Waals surface area contributed by atoms with Gasteiger partial charge in [0.25, 0.3) is 0 Å². The summed E-state index contributed by atoms with van der Waals surface area (Å²) < 4.78 is 52.9. The number of imidazole rings is 2. The fourth-order valence-electron chi connectivity index (χ4n) is 11.0. The minimum Gasteiger partial charge on any atom is -0.501 e. The number of furan rings is 1. The first kappa shape index (κ1) is 46.0. The quantitative estimate of drug-likeness (QED) is 0.128. The average Bonchev–Trinajstić information content (AvgIpc) is 2.18. The minimum atomic E-state index is -0.408. The van der Waals surface area contributed by atoms with Crippen LogP contribution in [0.5, 0.6) is 0 Å². The van der Waals surface area contributed by atoms with Gasteiger partial charge in [-0.25, -0.2) is 0 Å². The molecule has 0 amide bonds. The summed E-state index contributed by atoms with van der Waals surface area (Å²) in [7, 11) is 0. The molecule has 0 bridgehead atoms. The van der Waals surface area contributed by atoms with E-state index in [2.05, 4.69) is 186 Å². The molecule has 0 saturated carbocycles. The van der Waals surface area contributed by atoms with E-state index in [1.165, 1.54) is 39.1 Å². The van der Waals surface area contributed by atoms with Crippen LogP contribution in [0.15, 0.2) is 211 Å². The topological polar surface area (TPSA) is 48.8 Å². The Balaban J connectivity index is 0.000000216. The van der Waals surface area contributed by atoms with Gasteiger partial charge in [0.05, 0.1) is 46.2 Å². The van der Waals surface area contributed by atoms with E-state index >= 15 is 0 Å². The monoisotopic (exact) mass is 1200 g/mol. The summed E-state index contributed by atoms with van der Waals surface area (Å²) in [4.78, 5) is 10.3. The molecular weight excluding hydrogens is 1130 g/mol. The van der Waals surface area contributed by atoms with E-state index in [-0.39, 0.29) is 61.7 Å². The molecule has 3 aromatic heterocycles. The van der Waals surface area contributed by atoms with Gasteiger partial charge in [-0.2, -0.15) is 0 Å². The van der Waals surface area contributed by atoms with Crippen LogP contribution < -0.4 is 0 Å². The molecule has 0 spiro atoms. The number of rotatable bonds is 10. The number of hydrogen-bond acceptors (Lipinski definition) is 3. The Bertz CT molecular complexity index is 4510. The summed E-state index contributed by atoms with van der Waals surface area (Å²) in [5.74, 6) is 2.98. The Kier molecular flexibility index (Phi) is 12.8. The largest absolute Gasteiger partial charge is 0.501 e. The minimum absolute atomic E-state index is 0. The summed E-state index contributed by atoms with van der Waals surface area (Å²) in [6.45, 7) is 18.0. The van der Waals surface area contributed by atoms with Crippen LogP contribution in [0.2, 0.25) is 0 Å². The molecule has 0 saturated heterocycles. The van der Waals surface area contributed by atoms with Crippen LogP contribution in [0.1, 0.15) is 108 Å². The SMILES string of the molecule is CC(C)c1cccc(C(C)C)c1-n1c(-c2[c-]cccc2)nc2ccccc21.[2H]c1c([2H])c([2H])c(-c2ccc3cc4c(cc3c2)oc2c(-c3nc5ccccc5n3-c3c(C(C)C)cc(-c5ccccc5)cc3C(C)C)[c-]ccc24)c([2H])c1[2H].[Ir]. The first-order valence-corrected chi connectivity index (χ1v) is 26.8. The van der Waals surface area contributed by atoms with Crippen molar-refractivity contribution in [2.45, 2.75) is 79.1 Å². The van der Waals surface area contributed by atoms with Gasteiger partial charge in [0, 0.05) is 36.9 Å². The fraction of sp³-hybridized carbons (Fsp3) is 0.167. The smallest absolute Gasteiger partial charge is 0.121 e. The Morgan fingerprint density at radius 3 is 1.67 bits per heavy atom. The molecule has 13 rings (SSSR count). The molecule has 0 aliphatic rings. The van der Waals surface area contributed by atoms with Crippen LogP contribution in [0.3, 0.4) is 0 Å². The van der Waals surface area contributed by atoms with E-state index in [1.54, 1.807) is 0 Å². The molecule has 3 heterocycles. The summed E-state index contributed by atoms with van der Waals surface area (Å²) in [5, 5.41) is 3.64. The van der Waals surface area contributed by atoms with Crippen molar-refractivity contribution in [1.82, 2.24) is 19.1 Å². The number of benzene rings is 10. The van der Waals surface area contributed by atoms with Crippen molar-refractivity contribution in [3.8, 4) is 56.4 Å². The maximum atomic E-state index is 8.53. The Morgan fingerprint density at radius 1 is 0.449 bits per heavy atom. The summed E-state index contributed by atoms with van der Waals surface area (Å²) in [5.41, 5.74) is 17.8. The van der Waals surface area contributed by atoms with Crippen molar-refractivity contribution in [1.29, 1.82) is 0 Å². The van der Waals surface area contributed by atoms with Gasteiger partial charge in [-0.3, -0.25) is 9.97 Å². The van der Waals surface area contributed by atoms with E-state index in [4.69, 9.17) is 21.2 Å². The van der Waals surface area contributed by atoms with Crippen LogP contribution >= 0.6 is 0 Å². The van der Waals surface area contributed by atoms with Crippen molar-refractivity contribution >= 4 is 54.8 Å². The Hall–Kier alpha value is -8.15. The van der Waals surface area contributed by atoms with Gasteiger partial charge in [0.15, 0.2) is 0 Å². The Morgan fingerprint density at radius 2 is 1.04 bits per heavy atom. The molecule has 0 aliphatic carbocycles. The maximum Gasteiger partial charge on any atom is 0.121 e. The van der Waals surface area contributed by atoms with Gasteiger partial charge in [0.1, 0.15) is 5.58 Å². The van der Waals surface area contributed by atoms with E-state index in [9.17, 15) is 0 Å². The van der Waals surface area contributed by atoms with Crippen LogP contribution in [0.4, 0.5) is 0 Å². The molecule has 0 atom stereocenters. The molecule has 0 N–H and O–H groups in total. The normalized spacial score (nSPS) is 12.6. The van der Waals surface area contributed by atoms with Gasteiger partial charge in [-0.15, -0.1) is 54.1 Å². The van der Waals surface area contributed by atoms with E-state index in [0.717, 1.165) is 72.1 Å². The predicted molar refractivity (Wildman–Crippen MR) is 323 cm³/mol. The van der Waals surface area contributed by atoms with Crippen LogP contribution in [0, 0.1) is 12.1 Å². The third-order valence-electron chi connectivity index (χ3n) is 14.8. The first-order valence-electron chi connectivity index (χ1n) is 29.3. The fourth-order valence-corrected chi connectivity index (χ4v) is 11.0. The van der Waals surface area contributed by atoms with Crippen molar-refractivity contribution in [3.05, 3.63) is 241 Å². The van der Waals surface area contributed by atoms with Crippen molar-refractivity contribution in [2.75, 3.05) is 0 Å². The zero-order valence-corrected chi connectivity index (χ0v) is 47.5. The van der Waals surface area contributed by atoms with Crippen molar-refractivity contribution in [3.63, 3.8) is 0 Å². The van der Waals surface area contributed by atoms with Crippen LogP contribution in [0.25, 0.3) is 111 Å². The second kappa shape index (κ2) is 21.7. The average molecular weight is 1200 g/mol. The van der Waals surface area contributed by atoms with Crippen molar-refractivity contribution < 1.29 is 31.4 Å². The number of para-hydroxylation sites is 5. The molecular formula is C72H62IrN4O-2. The molecule has 387 valence electrons. The van der Waals surface area contributed by atoms with Gasteiger partial charge in [-0.05, 0) is 134 Å². The number of hydrogen-bond donors (Lipinski definition) is 0. The second-order valence-electron chi connectivity index (χ2n) is 21.2. The molecule has 10 aromatic carbocycles. The summed E-state index contributed by atoms with van der Waals surface area (Å²) in [6.07, 6.45) is 0. The van der Waals surface area contributed by atoms with Gasteiger partial charge >= 0.3 is 0 Å². The van der Waals surface area contributed by atoms with Crippen LogP contribution in [-0.2, 0) is 20.1 Å². The van der Waals surface area contributed by atoms with Crippen LogP contribution in [-0.4, -0.2) is 19.1 Å². The summed E-state index contributed by atoms with van der Waals surface area (Å²) in [6, 6.07) is 65.6. The molecule has 6 heteroatoms. The molecule has 1 radical (unpaired) electrons. The number of aromatic nitrogens is 4. The number of fused-ring (bicyclic) bond motifs is 6. The third kappa shape index (κ3) is 9.48. The molecule has 0 fully saturated rings. The van der Waals surface area contributed by atoms with E-state index in [0.29, 0.717) is 28.6 Å². The van der Waals surface area contributed by atoms with Gasteiger partial charge < -0.3 is 13.6 Å². The predicted octanol–water partition coefficient (Wildman–Crippen LogP) is 19.9. The summed E-state index contributed by atoms with van der Waals surface area (Å²) >= 11 is 0. The maximum absolute atomic E-state index is 8.53. The first-order chi connectivity index (χ1) is 39.6. The standard InChI is InChI=1S/C47H37N2O.C25H25N2.Ir/c1-29(2)39-26-36(32-16-9-6-10-17-32)27-40(30(3)4)45(39)49-43-21-12-11-20-42(43)48-47(49)38-19-13-18-37-41-25-34-23-22-33(31-14-7-5-8-15-31)24-35(34)28-44(41)50-46(37)38;1-17(2)20-13-10-14-21(18(3)4)24(20)27-23-16-9-8-15-22(23)26-25(27)19-11-6-5-7-12-19;/h5-18,20-30H,1-4H3;5-11,13-18H,1-4H3;/q2*-1;/i5D,7D,8D,14D,15D;;. The molecule has 13 aromatic rings. The van der Waals surface area contributed by atoms with Gasteiger partial charge in [0.2, 0.25) is 0 Å². The van der Waals surface area contributed by atoms with E-state index < -0.39 is 6.04 Å². The van der Waals surface area contributed by atoms with Gasteiger partial charge in [-0.1, -0.05) is 181 Å². The van der Waals surface area contributed by atoms with E-state index in [1.807, 2.05) is 66.7 Å². The molecule has 5 nitrogen and oxygen atoms in total. The third-order valence-corrected chi connectivity index (χ3v) is 14.8. The molecule has 0 unspecified atom stereocenters. The number of nitrogens with zero attached hydrogens (tertiary/aromatic N) is 4. The Labute approximate surface area is 478 Å². The molecule has 0 aliphatic heterocycles. The van der Waals surface area contributed by atoms with Crippen molar-refractivity contribution in [2.24, 2.45) is 0 Å².